The smallest absolute Gasteiger partial charge is 0.270 e. The molecule has 1 N–H and O–H groups in total. The van der Waals surface area contributed by atoms with E-state index in [2.05, 4.69) is 5.32 Å². The summed E-state index contributed by atoms with van der Waals surface area (Å²) in [6.07, 6.45) is 1.32. The fraction of sp³-hybridized carbons (Fsp3) is 0.0833. The molecule has 8 nitrogen and oxygen atoms in total. The molecular weight excluding hydrogens is 444 g/mol. The Morgan fingerprint density at radius 3 is 2.52 bits per heavy atom. The molecule has 1 aliphatic rings. The van der Waals surface area contributed by atoms with E-state index in [1.54, 1.807) is 55.5 Å². The number of thiocarbonyl (C=S) groups is 1. The van der Waals surface area contributed by atoms with Crippen molar-refractivity contribution in [2.24, 2.45) is 0 Å². The summed E-state index contributed by atoms with van der Waals surface area (Å²) in [6.45, 7) is 1.65. The Balaban J connectivity index is 1.67. The predicted octanol–water partition coefficient (Wildman–Crippen LogP) is 2.46. The summed E-state index contributed by atoms with van der Waals surface area (Å²) in [5.41, 5.74) is 1.39. The summed E-state index contributed by atoms with van der Waals surface area (Å²) in [5.74, 6) is -1.32. The molecule has 0 atom stereocenters. The first-order valence-corrected chi connectivity index (χ1v) is 10.2. The molecule has 1 saturated heterocycles. The van der Waals surface area contributed by atoms with E-state index in [4.69, 9.17) is 21.4 Å². The predicted molar refractivity (Wildman–Crippen MR) is 122 cm³/mol. The molecule has 1 fully saturated rings. The quantitative estimate of drug-likeness (QED) is 0.353. The molecule has 0 aliphatic carbocycles. The molecule has 0 radical (unpaired) electrons. The second-order valence-electron chi connectivity index (χ2n) is 7.12. The highest BCUT2D eigenvalue weighted by molar-refractivity contribution is 7.80. The summed E-state index contributed by atoms with van der Waals surface area (Å²) in [6, 6.07) is 14.6. The van der Waals surface area contributed by atoms with Crippen LogP contribution in [0.3, 0.4) is 0 Å². The monoisotopic (exact) mass is 461 g/mol. The van der Waals surface area contributed by atoms with Gasteiger partial charge < -0.3 is 19.1 Å². The first-order valence-electron chi connectivity index (χ1n) is 9.77. The van der Waals surface area contributed by atoms with Crippen LogP contribution in [0.15, 0.2) is 64.6 Å². The number of amides is 2. The Labute approximate surface area is 194 Å². The van der Waals surface area contributed by atoms with Gasteiger partial charge >= 0.3 is 0 Å². The number of anilines is 1. The number of carbonyl (C=O) groups is 3. The van der Waals surface area contributed by atoms with Crippen LogP contribution in [0.1, 0.15) is 21.7 Å². The highest BCUT2D eigenvalue weighted by Gasteiger charge is 2.34. The van der Waals surface area contributed by atoms with Gasteiger partial charge in [-0.3, -0.25) is 19.8 Å². The molecule has 2 aromatic carbocycles. The Kier molecular flexibility index (Phi) is 5.80. The molecule has 0 bridgehead atoms. The standard InChI is InChI=1S/C24H18N2O6S/c1-13-17(4-3-5-18(13)23(29)30)20-11-10-16(32-20)12-19-21(27)25-24(33)26(22(19)28)14-6-8-15(31-2)9-7-14/h3-12H,1-2H3,(H,29,30)(H,25,27,33)/p-1/b19-12+. The zero-order valence-corrected chi connectivity index (χ0v) is 18.4. The summed E-state index contributed by atoms with van der Waals surface area (Å²) in [7, 11) is 1.53. The van der Waals surface area contributed by atoms with E-state index < -0.39 is 17.8 Å². The molecule has 3 aromatic rings. The van der Waals surface area contributed by atoms with Crippen molar-refractivity contribution in [3.63, 3.8) is 0 Å². The van der Waals surface area contributed by atoms with Gasteiger partial charge in [-0.2, -0.15) is 0 Å². The zero-order chi connectivity index (χ0) is 23.7. The Hall–Kier alpha value is -4.24. The Morgan fingerprint density at radius 1 is 1.12 bits per heavy atom. The van der Waals surface area contributed by atoms with Crippen molar-refractivity contribution in [1.29, 1.82) is 0 Å². The number of nitrogens with zero attached hydrogens (tertiary/aromatic N) is 1. The molecular formula is C24H17N2O6S-. The van der Waals surface area contributed by atoms with Gasteiger partial charge in [-0.15, -0.1) is 0 Å². The second-order valence-corrected chi connectivity index (χ2v) is 7.51. The number of carboxylic acids is 1. The largest absolute Gasteiger partial charge is 0.545 e. The van der Waals surface area contributed by atoms with Gasteiger partial charge in [0, 0.05) is 11.1 Å². The van der Waals surface area contributed by atoms with Crippen LogP contribution in [0.2, 0.25) is 0 Å². The van der Waals surface area contributed by atoms with Gasteiger partial charge in [0.15, 0.2) is 5.11 Å². The lowest BCUT2D eigenvalue weighted by Crippen LogP contribution is -2.54. The number of carboxylic acid groups (broad SMARTS) is 1. The number of methoxy groups -OCH3 is 1. The average Bonchev–Trinajstić information content (AvgIpc) is 3.25. The number of rotatable bonds is 5. The summed E-state index contributed by atoms with van der Waals surface area (Å²) < 4.78 is 10.9. The third kappa shape index (κ3) is 4.13. The van der Waals surface area contributed by atoms with Gasteiger partial charge in [0.1, 0.15) is 22.8 Å². The van der Waals surface area contributed by atoms with Crippen molar-refractivity contribution in [2.75, 3.05) is 12.0 Å². The molecule has 2 amide bonds. The lowest BCUT2D eigenvalue weighted by Gasteiger charge is -2.28. The maximum atomic E-state index is 13.1. The van der Waals surface area contributed by atoms with E-state index in [-0.39, 0.29) is 22.0 Å². The number of hydrogen-bond donors (Lipinski definition) is 1. The Bertz CT molecular complexity index is 1320. The van der Waals surface area contributed by atoms with Crippen LogP contribution in [0.25, 0.3) is 17.4 Å². The van der Waals surface area contributed by atoms with Gasteiger partial charge in [0.2, 0.25) is 0 Å². The lowest BCUT2D eigenvalue weighted by molar-refractivity contribution is -0.255. The Morgan fingerprint density at radius 2 is 1.85 bits per heavy atom. The third-order valence-corrected chi connectivity index (χ3v) is 5.45. The van der Waals surface area contributed by atoms with Crippen molar-refractivity contribution < 1.29 is 28.6 Å². The van der Waals surface area contributed by atoms with Crippen molar-refractivity contribution in [3.8, 4) is 17.1 Å². The summed E-state index contributed by atoms with van der Waals surface area (Å²) >= 11 is 5.20. The van der Waals surface area contributed by atoms with E-state index in [9.17, 15) is 19.5 Å². The van der Waals surface area contributed by atoms with Gasteiger partial charge in [0.05, 0.1) is 18.8 Å². The van der Waals surface area contributed by atoms with Crippen LogP contribution >= 0.6 is 12.2 Å². The zero-order valence-electron chi connectivity index (χ0n) is 17.6. The average molecular weight is 461 g/mol. The van der Waals surface area contributed by atoms with Crippen LogP contribution < -0.4 is 20.1 Å². The highest BCUT2D eigenvalue weighted by Crippen LogP contribution is 2.29. The van der Waals surface area contributed by atoms with Gasteiger partial charge in [-0.05, 0) is 67.2 Å². The number of nitrogens with one attached hydrogen (secondary N) is 1. The van der Waals surface area contributed by atoms with Crippen molar-refractivity contribution in [2.45, 2.75) is 6.92 Å². The summed E-state index contributed by atoms with van der Waals surface area (Å²) in [5, 5.41) is 13.8. The normalized spacial score (nSPS) is 15.0. The molecule has 2 heterocycles. The van der Waals surface area contributed by atoms with E-state index in [0.717, 1.165) is 0 Å². The van der Waals surface area contributed by atoms with Crippen LogP contribution in [0, 0.1) is 6.92 Å². The van der Waals surface area contributed by atoms with Crippen LogP contribution in [0.4, 0.5) is 5.69 Å². The lowest BCUT2D eigenvalue weighted by atomic mass is 10.0. The number of aromatic carboxylic acids is 1. The van der Waals surface area contributed by atoms with Gasteiger partial charge in [-0.1, -0.05) is 18.2 Å². The molecule has 33 heavy (non-hydrogen) atoms. The van der Waals surface area contributed by atoms with Crippen LogP contribution in [-0.4, -0.2) is 30.0 Å². The number of ether oxygens (including phenoxy) is 1. The molecule has 1 aliphatic heterocycles. The molecule has 4 rings (SSSR count). The number of benzene rings is 2. The molecule has 166 valence electrons. The van der Waals surface area contributed by atoms with E-state index >= 15 is 0 Å². The number of carbonyl (C=O) groups excluding carboxylic acids is 3. The van der Waals surface area contributed by atoms with Crippen LogP contribution in [0.5, 0.6) is 5.75 Å². The van der Waals surface area contributed by atoms with Crippen LogP contribution in [-0.2, 0) is 9.59 Å². The van der Waals surface area contributed by atoms with E-state index in [1.807, 2.05) is 0 Å². The minimum absolute atomic E-state index is 0.0397. The maximum absolute atomic E-state index is 13.1. The molecule has 0 unspecified atom stereocenters. The fourth-order valence-electron chi connectivity index (χ4n) is 3.46. The molecule has 1 aromatic heterocycles. The van der Waals surface area contributed by atoms with Gasteiger partial charge in [0.25, 0.3) is 11.8 Å². The minimum atomic E-state index is -1.29. The van der Waals surface area contributed by atoms with Crippen molar-refractivity contribution >= 4 is 46.9 Å². The number of furan rings is 1. The summed E-state index contributed by atoms with van der Waals surface area (Å²) in [4.78, 5) is 38.1. The molecule has 9 heteroatoms. The number of hydrogen-bond acceptors (Lipinski definition) is 7. The van der Waals surface area contributed by atoms with E-state index in [1.165, 1.54) is 24.2 Å². The first kappa shape index (κ1) is 22.0. The van der Waals surface area contributed by atoms with E-state index in [0.29, 0.717) is 28.3 Å². The van der Waals surface area contributed by atoms with Crippen molar-refractivity contribution in [1.82, 2.24) is 5.32 Å². The maximum Gasteiger partial charge on any atom is 0.270 e. The minimum Gasteiger partial charge on any atom is -0.545 e. The van der Waals surface area contributed by atoms with Crippen molar-refractivity contribution in [3.05, 3.63) is 77.1 Å². The first-order chi connectivity index (χ1) is 15.8. The highest BCUT2D eigenvalue weighted by atomic mass is 32.1. The topological polar surface area (TPSA) is 112 Å². The molecule has 0 saturated carbocycles. The fourth-order valence-corrected chi connectivity index (χ4v) is 3.75. The second kappa shape index (κ2) is 8.71. The third-order valence-electron chi connectivity index (χ3n) is 5.16. The SMILES string of the molecule is COc1ccc(N2C(=O)/C(=C/c3ccc(-c4cccc(C(=O)[O-])c4C)o3)C(=O)NC2=S)cc1. The molecule has 0 spiro atoms. The van der Waals surface area contributed by atoms with Gasteiger partial charge in [-0.25, -0.2) is 0 Å².